The zero-order valence-electron chi connectivity index (χ0n) is 9.26. The first-order valence-corrected chi connectivity index (χ1v) is 5.79. The first-order valence-electron chi connectivity index (χ1n) is 5.79. The van der Waals surface area contributed by atoms with Gasteiger partial charge in [-0.2, -0.15) is 0 Å². The van der Waals surface area contributed by atoms with E-state index in [-0.39, 0.29) is 6.42 Å². The third-order valence-corrected chi connectivity index (χ3v) is 2.30. The molecule has 1 rings (SSSR count). The van der Waals surface area contributed by atoms with Gasteiger partial charge in [-0.3, -0.25) is 0 Å². The molecule has 0 aliphatic carbocycles. The Morgan fingerprint density at radius 3 is 2.21 bits per heavy atom. The third kappa shape index (κ3) is 11.4. The number of nitrogens with two attached hydrogens (primary N) is 1. The summed E-state index contributed by atoms with van der Waals surface area (Å²) < 4.78 is 0. The Kier molecular flexibility index (Phi) is 10.1. The molecule has 1 heterocycles. The van der Waals surface area contributed by atoms with E-state index in [2.05, 4.69) is 12.2 Å². The molecule has 0 unspecified atom stereocenters. The molecule has 0 atom stereocenters. The Morgan fingerprint density at radius 1 is 1.21 bits per heavy atom. The molecule has 1 aliphatic rings. The first-order chi connectivity index (χ1) is 6.77. The topological polar surface area (TPSA) is 56.7 Å². The summed E-state index contributed by atoms with van der Waals surface area (Å²) in [6.45, 7) is 4.85. The summed E-state index contributed by atoms with van der Waals surface area (Å²) in [4.78, 5) is 9.85. The van der Waals surface area contributed by atoms with Crippen molar-refractivity contribution in [3.63, 3.8) is 0 Å². The number of carboxylic acid groups (broad SMARTS) is 1. The molecular weight excluding hydrogens is 178 g/mol. The van der Waals surface area contributed by atoms with E-state index >= 15 is 0 Å². The zero-order chi connectivity index (χ0) is 10.6. The van der Waals surface area contributed by atoms with Crippen molar-refractivity contribution in [2.75, 3.05) is 13.1 Å². The second-order valence-corrected chi connectivity index (χ2v) is 3.76. The Balaban J connectivity index is 0.000000280. The Bertz CT molecular complexity index is 126. The summed E-state index contributed by atoms with van der Waals surface area (Å²) in [6, 6.07) is 0. The molecule has 0 aromatic carbocycles. The molecule has 84 valence electrons. The molecule has 0 aromatic heterocycles. The number of aliphatic carboxylic acids is 1. The number of carbonyl (C=O) groups is 1. The fourth-order valence-electron chi connectivity index (χ4n) is 1.42. The van der Waals surface area contributed by atoms with Crippen LogP contribution in [-0.2, 0) is 4.79 Å². The van der Waals surface area contributed by atoms with Crippen molar-refractivity contribution in [1.82, 2.24) is 0 Å². The van der Waals surface area contributed by atoms with Crippen LogP contribution in [0.3, 0.4) is 0 Å². The van der Waals surface area contributed by atoms with Crippen LogP contribution in [0.1, 0.15) is 51.9 Å². The van der Waals surface area contributed by atoms with Crippen molar-refractivity contribution in [3.8, 4) is 0 Å². The predicted molar refractivity (Wildman–Crippen MR) is 54.7 cm³/mol. The van der Waals surface area contributed by atoms with E-state index < -0.39 is 5.97 Å². The highest BCUT2D eigenvalue weighted by Gasteiger charge is 1.97. The predicted octanol–water partition coefficient (Wildman–Crippen LogP) is 0.0503. The van der Waals surface area contributed by atoms with Gasteiger partial charge >= 0.3 is 0 Å². The number of hydrogen-bond donors (Lipinski definition) is 1. The third-order valence-electron chi connectivity index (χ3n) is 2.30. The average molecular weight is 201 g/mol. The highest BCUT2D eigenvalue weighted by atomic mass is 16.4. The van der Waals surface area contributed by atoms with Crippen LogP contribution in [0.4, 0.5) is 0 Å². The standard InChI is InChI=1S/C7H14O2.C4H9N/c1-2-3-4-5-6-7(8)9;1-2-4-5-3-1/h2-6H2,1H3,(H,8,9);5H,1-4H2. The fraction of sp³-hybridized carbons (Fsp3) is 0.909. The van der Waals surface area contributed by atoms with E-state index in [1.165, 1.54) is 25.9 Å². The van der Waals surface area contributed by atoms with E-state index in [9.17, 15) is 9.90 Å². The Morgan fingerprint density at radius 2 is 1.86 bits per heavy atom. The minimum atomic E-state index is -0.925. The molecule has 1 aliphatic heterocycles. The van der Waals surface area contributed by atoms with Crippen LogP contribution in [0.5, 0.6) is 0 Å². The lowest BCUT2D eigenvalue weighted by atomic mass is 10.2. The van der Waals surface area contributed by atoms with Gasteiger partial charge in [0.25, 0.3) is 0 Å². The van der Waals surface area contributed by atoms with Gasteiger partial charge in [-0.05, 0) is 12.8 Å². The van der Waals surface area contributed by atoms with Gasteiger partial charge in [0.05, 0.1) is 13.1 Å². The Labute approximate surface area is 86.9 Å². The van der Waals surface area contributed by atoms with Gasteiger partial charge in [0.2, 0.25) is 0 Å². The summed E-state index contributed by atoms with van der Waals surface area (Å²) in [7, 11) is 0. The van der Waals surface area contributed by atoms with Gasteiger partial charge in [-0.1, -0.05) is 26.2 Å². The normalized spacial score (nSPS) is 14.6. The zero-order valence-corrected chi connectivity index (χ0v) is 9.26. The molecule has 3 nitrogen and oxygen atoms in total. The summed E-state index contributed by atoms with van der Waals surface area (Å²) >= 11 is 0. The molecule has 1 saturated heterocycles. The van der Waals surface area contributed by atoms with Gasteiger partial charge in [0, 0.05) is 18.8 Å². The van der Waals surface area contributed by atoms with Gasteiger partial charge < -0.3 is 15.2 Å². The molecule has 0 radical (unpaired) electrons. The molecule has 0 bridgehead atoms. The minimum Gasteiger partial charge on any atom is -0.550 e. The van der Waals surface area contributed by atoms with E-state index in [1.807, 2.05) is 0 Å². The van der Waals surface area contributed by atoms with Gasteiger partial charge in [-0.15, -0.1) is 0 Å². The van der Waals surface area contributed by atoms with Crippen LogP contribution in [0.15, 0.2) is 0 Å². The van der Waals surface area contributed by atoms with Gasteiger partial charge in [0.15, 0.2) is 0 Å². The highest BCUT2D eigenvalue weighted by molar-refractivity contribution is 5.63. The van der Waals surface area contributed by atoms with Gasteiger partial charge in [0.1, 0.15) is 0 Å². The quantitative estimate of drug-likeness (QED) is 0.639. The maximum absolute atomic E-state index is 9.85. The molecular formula is C11H23NO2. The lowest BCUT2D eigenvalue weighted by Crippen LogP contribution is -2.80. The lowest BCUT2D eigenvalue weighted by Gasteiger charge is -1.99. The number of rotatable bonds is 5. The molecule has 1 fully saturated rings. The second kappa shape index (κ2) is 10.5. The maximum Gasteiger partial charge on any atom is 0.0757 e. The summed E-state index contributed by atoms with van der Waals surface area (Å²) in [5.41, 5.74) is 0. The van der Waals surface area contributed by atoms with E-state index in [0.717, 1.165) is 25.7 Å². The van der Waals surface area contributed by atoms with E-state index in [1.54, 1.807) is 0 Å². The molecule has 0 saturated carbocycles. The van der Waals surface area contributed by atoms with Crippen LogP contribution in [-0.4, -0.2) is 19.1 Å². The number of carboxylic acids is 1. The first kappa shape index (κ1) is 13.4. The number of carbonyl (C=O) groups excluding carboxylic acids is 1. The number of hydrogen-bond acceptors (Lipinski definition) is 2. The molecule has 0 spiro atoms. The maximum atomic E-state index is 9.85. The SMILES string of the molecule is C1CC[NH2+]C1.CCCCCCC(=O)[O-]. The summed E-state index contributed by atoms with van der Waals surface area (Å²) in [6.07, 6.45) is 7.18. The van der Waals surface area contributed by atoms with Crippen LogP contribution < -0.4 is 10.4 Å². The van der Waals surface area contributed by atoms with Crippen molar-refractivity contribution in [2.45, 2.75) is 51.9 Å². The van der Waals surface area contributed by atoms with Crippen molar-refractivity contribution in [2.24, 2.45) is 0 Å². The van der Waals surface area contributed by atoms with Crippen LogP contribution in [0.2, 0.25) is 0 Å². The van der Waals surface area contributed by atoms with Crippen molar-refractivity contribution in [3.05, 3.63) is 0 Å². The van der Waals surface area contributed by atoms with Crippen LogP contribution >= 0.6 is 0 Å². The fourth-order valence-corrected chi connectivity index (χ4v) is 1.42. The summed E-state index contributed by atoms with van der Waals surface area (Å²) in [5.74, 6) is -0.925. The van der Waals surface area contributed by atoms with Gasteiger partial charge in [-0.25, -0.2) is 0 Å². The molecule has 0 amide bonds. The minimum absolute atomic E-state index is 0.222. The average Bonchev–Trinajstić information content (AvgIpc) is 2.70. The van der Waals surface area contributed by atoms with Crippen LogP contribution in [0, 0.1) is 0 Å². The monoisotopic (exact) mass is 201 g/mol. The molecule has 2 N–H and O–H groups in total. The van der Waals surface area contributed by atoms with Crippen molar-refractivity contribution in [1.29, 1.82) is 0 Å². The Hall–Kier alpha value is -0.570. The van der Waals surface area contributed by atoms with Crippen molar-refractivity contribution >= 4 is 5.97 Å². The molecule has 0 aromatic rings. The number of quaternary nitrogens is 1. The molecule has 14 heavy (non-hydrogen) atoms. The van der Waals surface area contributed by atoms with Crippen molar-refractivity contribution < 1.29 is 15.2 Å². The number of unbranched alkanes of at least 4 members (excludes halogenated alkanes) is 3. The second-order valence-electron chi connectivity index (χ2n) is 3.76. The van der Waals surface area contributed by atoms with Crippen LogP contribution in [0.25, 0.3) is 0 Å². The summed E-state index contributed by atoms with van der Waals surface area (Å²) in [5, 5.41) is 12.2. The molecule has 3 heteroatoms. The lowest BCUT2D eigenvalue weighted by molar-refractivity contribution is -0.635. The largest absolute Gasteiger partial charge is 0.550 e. The highest BCUT2D eigenvalue weighted by Crippen LogP contribution is 2.00. The van der Waals surface area contributed by atoms with E-state index in [0.29, 0.717) is 0 Å². The smallest absolute Gasteiger partial charge is 0.0757 e. The van der Waals surface area contributed by atoms with E-state index in [4.69, 9.17) is 0 Å².